The minimum Gasteiger partial charge on any atom is -0.489 e. The van der Waals surface area contributed by atoms with Crippen LogP contribution in [0.1, 0.15) is 28.8 Å². The van der Waals surface area contributed by atoms with Gasteiger partial charge in [-0.1, -0.05) is 18.2 Å². The third-order valence-corrected chi connectivity index (χ3v) is 4.74. The number of hydrogen-bond donors (Lipinski definition) is 1. The van der Waals surface area contributed by atoms with Gasteiger partial charge in [-0.3, -0.25) is 0 Å². The number of hydrogen-bond acceptors (Lipinski definition) is 4. The van der Waals surface area contributed by atoms with E-state index in [1.807, 2.05) is 36.4 Å². The van der Waals surface area contributed by atoms with Gasteiger partial charge in [-0.25, -0.2) is 14.2 Å². The molecule has 1 fully saturated rings. The molecule has 0 unspecified atom stereocenters. The van der Waals surface area contributed by atoms with Crippen LogP contribution in [-0.4, -0.2) is 22.7 Å². The van der Waals surface area contributed by atoms with E-state index in [2.05, 4.69) is 4.98 Å². The fraction of sp³-hybridized carbons (Fsp3) is 0.217. The lowest BCUT2D eigenvalue weighted by Crippen LogP contribution is -2.03. The largest absolute Gasteiger partial charge is 0.489 e. The van der Waals surface area contributed by atoms with E-state index >= 15 is 0 Å². The van der Waals surface area contributed by atoms with Crippen molar-refractivity contribution in [2.45, 2.75) is 19.4 Å². The van der Waals surface area contributed by atoms with Crippen molar-refractivity contribution in [1.82, 2.24) is 4.98 Å². The Labute approximate surface area is 167 Å². The van der Waals surface area contributed by atoms with Crippen molar-refractivity contribution >= 4 is 5.97 Å². The Bertz CT molecular complexity index is 1020. The van der Waals surface area contributed by atoms with Gasteiger partial charge in [0.2, 0.25) is 5.88 Å². The number of carbonyl (C=O) groups is 1. The van der Waals surface area contributed by atoms with Crippen LogP contribution in [0.25, 0.3) is 11.1 Å². The van der Waals surface area contributed by atoms with Gasteiger partial charge >= 0.3 is 5.97 Å². The molecule has 4 rings (SSSR count). The molecule has 1 heterocycles. The van der Waals surface area contributed by atoms with E-state index in [0.29, 0.717) is 23.1 Å². The normalized spacial score (nSPS) is 13.1. The van der Waals surface area contributed by atoms with Crippen LogP contribution in [0, 0.1) is 11.7 Å². The van der Waals surface area contributed by atoms with Crippen molar-refractivity contribution in [3.63, 3.8) is 0 Å². The maximum Gasteiger partial charge on any atom is 0.338 e. The molecule has 1 N–H and O–H groups in total. The first-order valence-corrected chi connectivity index (χ1v) is 9.42. The lowest BCUT2D eigenvalue weighted by molar-refractivity contribution is 0.0692. The van der Waals surface area contributed by atoms with Crippen LogP contribution < -0.4 is 9.47 Å². The second-order valence-electron chi connectivity index (χ2n) is 7.08. The van der Waals surface area contributed by atoms with Gasteiger partial charge in [-0.2, -0.15) is 0 Å². The van der Waals surface area contributed by atoms with Crippen molar-refractivity contribution in [1.29, 1.82) is 0 Å². The number of nitrogens with zero attached hydrogens (tertiary/aromatic N) is 1. The van der Waals surface area contributed by atoms with Gasteiger partial charge in [0.1, 0.15) is 18.2 Å². The lowest BCUT2D eigenvalue weighted by atomic mass is 10.1. The molecular weight excluding hydrogens is 373 g/mol. The number of carboxylic acids is 1. The molecule has 0 aliphatic heterocycles. The van der Waals surface area contributed by atoms with Gasteiger partial charge < -0.3 is 14.6 Å². The minimum atomic E-state index is -1.29. The lowest BCUT2D eigenvalue weighted by Gasteiger charge is -2.10. The molecular formula is C23H20FNO4. The fourth-order valence-electron chi connectivity index (χ4n) is 2.88. The quantitative estimate of drug-likeness (QED) is 0.586. The van der Waals surface area contributed by atoms with Gasteiger partial charge in [-0.15, -0.1) is 0 Å². The number of carboxylic acid groups (broad SMARTS) is 1. The predicted octanol–water partition coefficient (Wildman–Crippen LogP) is 4.95. The molecule has 0 radical (unpaired) electrons. The highest BCUT2D eigenvalue weighted by molar-refractivity contribution is 5.87. The Hall–Kier alpha value is -3.41. The Morgan fingerprint density at radius 3 is 2.62 bits per heavy atom. The highest BCUT2D eigenvalue weighted by atomic mass is 19.1. The third-order valence-electron chi connectivity index (χ3n) is 4.74. The van der Waals surface area contributed by atoms with Crippen LogP contribution in [0.4, 0.5) is 4.39 Å². The summed E-state index contributed by atoms with van der Waals surface area (Å²) in [6, 6.07) is 15.3. The van der Waals surface area contributed by atoms with Gasteiger partial charge in [0.15, 0.2) is 0 Å². The summed E-state index contributed by atoms with van der Waals surface area (Å²) in [4.78, 5) is 15.2. The highest BCUT2D eigenvalue weighted by Gasteiger charge is 2.22. The van der Waals surface area contributed by atoms with Crippen molar-refractivity contribution in [2.75, 3.05) is 6.61 Å². The molecule has 29 heavy (non-hydrogen) atoms. The molecule has 0 atom stereocenters. The van der Waals surface area contributed by atoms with Crippen LogP contribution in [0.15, 0.2) is 60.8 Å². The molecule has 1 aliphatic rings. The molecule has 148 valence electrons. The maximum absolute atomic E-state index is 13.8. The average molecular weight is 393 g/mol. The minimum absolute atomic E-state index is 0.131. The number of pyridine rings is 1. The van der Waals surface area contributed by atoms with Gasteiger partial charge in [0, 0.05) is 17.8 Å². The van der Waals surface area contributed by atoms with Crippen LogP contribution in [0.2, 0.25) is 0 Å². The molecule has 0 amide bonds. The zero-order valence-electron chi connectivity index (χ0n) is 15.7. The second kappa shape index (κ2) is 8.31. The average Bonchev–Trinajstić information content (AvgIpc) is 3.56. The van der Waals surface area contributed by atoms with Gasteiger partial charge in [0.05, 0.1) is 12.2 Å². The van der Waals surface area contributed by atoms with E-state index < -0.39 is 11.8 Å². The predicted molar refractivity (Wildman–Crippen MR) is 106 cm³/mol. The Kier molecular flexibility index (Phi) is 5.42. The van der Waals surface area contributed by atoms with E-state index in [0.717, 1.165) is 17.7 Å². The highest BCUT2D eigenvalue weighted by Crippen LogP contribution is 2.30. The zero-order valence-corrected chi connectivity index (χ0v) is 15.7. The molecule has 3 aromatic rings. The van der Waals surface area contributed by atoms with E-state index in [4.69, 9.17) is 14.6 Å². The van der Waals surface area contributed by atoms with Crippen LogP contribution >= 0.6 is 0 Å². The van der Waals surface area contributed by atoms with Crippen LogP contribution in [0.3, 0.4) is 0 Å². The van der Waals surface area contributed by atoms with Crippen molar-refractivity contribution < 1.29 is 23.8 Å². The number of ether oxygens (including phenoxy) is 2. The topological polar surface area (TPSA) is 68.7 Å². The summed E-state index contributed by atoms with van der Waals surface area (Å²) < 4.78 is 25.2. The SMILES string of the molecule is O=C(O)c1ccc(COc2cccc(-c3ccc(OCC4CC4)nc3)c2)cc1F. The molecule has 1 aromatic heterocycles. The summed E-state index contributed by atoms with van der Waals surface area (Å²) in [6.45, 7) is 0.857. The molecule has 0 saturated heterocycles. The molecule has 1 saturated carbocycles. The standard InChI is InChI=1S/C23H20FNO4/c24-21-10-16(6-8-20(21)23(26)27)14-28-19-3-1-2-17(11-19)18-7-9-22(25-12-18)29-13-15-4-5-15/h1-3,6-12,15H,4-5,13-14H2,(H,26,27). The Morgan fingerprint density at radius 2 is 1.93 bits per heavy atom. The first kappa shape index (κ1) is 18.9. The summed E-state index contributed by atoms with van der Waals surface area (Å²) in [5, 5.41) is 8.89. The van der Waals surface area contributed by atoms with Crippen molar-refractivity contribution in [2.24, 2.45) is 5.92 Å². The summed E-state index contributed by atoms with van der Waals surface area (Å²) in [7, 11) is 0. The summed E-state index contributed by atoms with van der Waals surface area (Å²) in [6.07, 6.45) is 4.24. The number of rotatable bonds is 8. The molecule has 0 spiro atoms. The van der Waals surface area contributed by atoms with Gasteiger partial charge in [-0.05, 0) is 60.2 Å². The van der Waals surface area contributed by atoms with Crippen LogP contribution in [0.5, 0.6) is 11.6 Å². The number of aromatic nitrogens is 1. The van der Waals surface area contributed by atoms with Crippen molar-refractivity contribution in [3.05, 3.63) is 77.7 Å². The van der Waals surface area contributed by atoms with Crippen LogP contribution in [-0.2, 0) is 6.61 Å². The van der Waals surface area contributed by atoms with E-state index in [1.165, 1.54) is 25.0 Å². The fourth-order valence-corrected chi connectivity index (χ4v) is 2.88. The van der Waals surface area contributed by atoms with E-state index in [-0.39, 0.29) is 12.2 Å². The second-order valence-corrected chi connectivity index (χ2v) is 7.08. The first-order valence-electron chi connectivity index (χ1n) is 9.42. The third kappa shape index (κ3) is 4.90. The van der Waals surface area contributed by atoms with Gasteiger partial charge in [0.25, 0.3) is 0 Å². The smallest absolute Gasteiger partial charge is 0.338 e. The monoisotopic (exact) mass is 393 g/mol. The van der Waals surface area contributed by atoms with Crippen molar-refractivity contribution in [3.8, 4) is 22.8 Å². The number of benzene rings is 2. The zero-order chi connectivity index (χ0) is 20.2. The van der Waals surface area contributed by atoms with E-state index in [9.17, 15) is 9.18 Å². The molecule has 6 heteroatoms. The van der Waals surface area contributed by atoms with E-state index in [1.54, 1.807) is 12.3 Å². The maximum atomic E-state index is 13.8. The summed E-state index contributed by atoms with van der Waals surface area (Å²) in [5.41, 5.74) is 2.08. The molecule has 0 bridgehead atoms. The summed E-state index contributed by atoms with van der Waals surface area (Å²) in [5.74, 6) is -0.138. The molecule has 1 aliphatic carbocycles. The molecule has 5 nitrogen and oxygen atoms in total. The Morgan fingerprint density at radius 1 is 1.07 bits per heavy atom. The first-order chi connectivity index (χ1) is 14.1. The molecule has 2 aromatic carbocycles. The Balaban J connectivity index is 1.40. The summed E-state index contributed by atoms with van der Waals surface area (Å²) >= 11 is 0. The number of halogens is 1. The number of aromatic carboxylic acids is 1.